The minimum Gasteiger partial charge on any atom is -0.313 e. The maximum absolute atomic E-state index is 11.2. The first-order valence-electron chi connectivity index (χ1n) is 6.70. The molecule has 4 nitrogen and oxygen atoms in total. The summed E-state index contributed by atoms with van der Waals surface area (Å²) in [5.41, 5.74) is 0. The molecule has 0 amide bonds. The Morgan fingerprint density at radius 2 is 2.00 bits per heavy atom. The molecule has 1 aliphatic heterocycles. The summed E-state index contributed by atoms with van der Waals surface area (Å²) < 4.78 is 22.5. The molecule has 2 fully saturated rings. The Hall–Kier alpha value is -0.130. The van der Waals surface area contributed by atoms with Gasteiger partial charge in [0.05, 0.1) is 5.75 Å². The van der Waals surface area contributed by atoms with Gasteiger partial charge in [0.25, 0.3) is 0 Å². The van der Waals surface area contributed by atoms with Gasteiger partial charge in [-0.3, -0.25) is 4.90 Å². The molecule has 5 heteroatoms. The summed E-state index contributed by atoms with van der Waals surface area (Å²) in [5, 5.41) is 3.54. The molecule has 1 unspecified atom stereocenters. The van der Waals surface area contributed by atoms with Crippen molar-refractivity contribution in [1.82, 2.24) is 10.2 Å². The Balaban J connectivity index is 1.79. The van der Waals surface area contributed by atoms with Crippen LogP contribution in [-0.2, 0) is 9.84 Å². The summed E-state index contributed by atoms with van der Waals surface area (Å²) in [6.45, 7) is 2.86. The van der Waals surface area contributed by atoms with Gasteiger partial charge in [-0.15, -0.1) is 0 Å². The Kier molecular flexibility index (Phi) is 4.44. The normalized spacial score (nSPS) is 26.4. The predicted octanol–water partition coefficient (Wildman–Crippen LogP) is 0.638. The lowest BCUT2D eigenvalue weighted by atomic mass is 10.0. The minimum absolute atomic E-state index is 0.302. The molecule has 0 aromatic rings. The van der Waals surface area contributed by atoms with E-state index in [0.29, 0.717) is 24.4 Å². The average Bonchev–Trinajstić information content (AvgIpc) is 3.08. The van der Waals surface area contributed by atoms with E-state index in [2.05, 4.69) is 10.2 Å². The van der Waals surface area contributed by atoms with Crippen LogP contribution in [0.1, 0.15) is 32.1 Å². The van der Waals surface area contributed by atoms with Crippen LogP contribution in [0.2, 0.25) is 0 Å². The number of hydrogen-bond donors (Lipinski definition) is 1. The molecule has 1 N–H and O–H groups in total. The number of hydrogen-bond acceptors (Lipinski definition) is 4. The maximum Gasteiger partial charge on any atom is 0.148 e. The molecule has 1 aliphatic carbocycles. The van der Waals surface area contributed by atoms with E-state index in [-0.39, 0.29) is 0 Å². The second-order valence-corrected chi connectivity index (χ2v) is 7.76. The van der Waals surface area contributed by atoms with E-state index in [1.54, 1.807) is 0 Å². The Morgan fingerprint density at radius 3 is 2.53 bits per heavy atom. The minimum atomic E-state index is -2.83. The molecule has 1 heterocycles. The number of nitrogens with zero attached hydrogens (tertiary/aromatic N) is 1. The lowest BCUT2D eigenvalue weighted by molar-refractivity contribution is 0.226. The van der Waals surface area contributed by atoms with Gasteiger partial charge in [0.15, 0.2) is 0 Å². The van der Waals surface area contributed by atoms with E-state index >= 15 is 0 Å². The van der Waals surface area contributed by atoms with Gasteiger partial charge >= 0.3 is 0 Å². The highest BCUT2D eigenvalue weighted by Crippen LogP contribution is 2.27. The number of sulfone groups is 1. The van der Waals surface area contributed by atoms with E-state index in [1.165, 1.54) is 38.4 Å². The van der Waals surface area contributed by atoms with Crippen molar-refractivity contribution in [1.29, 1.82) is 0 Å². The Morgan fingerprint density at radius 1 is 1.24 bits per heavy atom. The van der Waals surface area contributed by atoms with Gasteiger partial charge in [-0.2, -0.15) is 0 Å². The summed E-state index contributed by atoms with van der Waals surface area (Å²) >= 11 is 0. The van der Waals surface area contributed by atoms with Crippen molar-refractivity contribution >= 4 is 9.84 Å². The molecule has 0 aromatic heterocycles. The van der Waals surface area contributed by atoms with E-state index in [9.17, 15) is 8.42 Å². The molecule has 0 spiro atoms. The smallest absolute Gasteiger partial charge is 0.148 e. The van der Waals surface area contributed by atoms with E-state index in [0.717, 1.165) is 13.1 Å². The predicted molar refractivity (Wildman–Crippen MR) is 69.9 cm³/mol. The third-order valence-corrected chi connectivity index (χ3v) is 4.60. The molecular formula is C12H24N2O2S. The van der Waals surface area contributed by atoms with Crippen LogP contribution in [0.4, 0.5) is 0 Å². The molecule has 2 rings (SSSR count). The summed E-state index contributed by atoms with van der Waals surface area (Å²) in [4.78, 5) is 2.38. The van der Waals surface area contributed by atoms with Crippen LogP contribution in [0.25, 0.3) is 0 Å². The van der Waals surface area contributed by atoms with E-state index < -0.39 is 9.84 Å². The van der Waals surface area contributed by atoms with Crippen molar-refractivity contribution in [2.75, 3.05) is 31.6 Å². The second-order valence-electron chi connectivity index (χ2n) is 5.50. The third-order valence-electron chi connectivity index (χ3n) is 3.68. The van der Waals surface area contributed by atoms with Crippen LogP contribution in [-0.4, -0.2) is 57.0 Å². The highest BCUT2D eigenvalue weighted by Gasteiger charge is 2.31. The summed E-state index contributed by atoms with van der Waals surface area (Å²) in [7, 11) is -2.83. The zero-order valence-corrected chi connectivity index (χ0v) is 11.5. The SMILES string of the molecule is CS(=O)(=O)CCN(CC1CCCCN1)C1CC1. The van der Waals surface area contributed by atoms with Crippen LogP contribution in [0, 0.1) is 0 Å². The van der Waals surface area contributed by atoms with Crippen molar-refractivity contribution in [3.63, 3.8) is 0 Å². The number of piperidine rings is 1. The van der Waals surface area contributed by atoms with Gasteiger partial charge < -0.3 is 5.32 Å². The fourth-order valence-electron chi connectivity index (χ4n) is 2.51. The van der Waals surface area contributed by atoms with Crippen LogP contribution < -0.4 is 5.32 Å². The fourth-order valence-corrected chi connectivity index (χ4v) is 3.07. The molecule has 0 aromatic carbocycles. The van der Waals surface area contributed by atoms with Crippen LogP contribution in [0.15, 0.2) is 0 Å². The van der Waals surface area contributed by atoms with Crippen molar-refractivity contribution in [2.45, 2.75) is 44.2 Å². The fraction of sp³-hybridized carbons (Fsp3) is 1.00. The van der Waals surface area contributed by atoms with Gasteiger partial charge in [0.1, 0.15) is 9.84 Å². The molecule has 1 saturated carbocycles. The molecule has 1 atom stereocenters. The number of rotatable bonds is 6. The summed E-state index contributed by atoms with van der Waals surface area (Å²) in [6, 6.07) is 1.23. The van der Waals surface area contributed by atoms with Crippen LogP contribution >= 0.6 is 0 Å². The Labute approximate surface area is 105 Å². The van der Waals surface area contributed by atoms with Crippen LogP contribution in [0.3, 0.4) is 0 Å². The van der Waals surface area contributed by atoms with E-state index in [1.807, 2.05) is 0 Å². The van der Waals surface area contributed by atoms with Gasteiger partial charge in [-0.1, -0.05) is 6.42 Å². The van der Waals surface area contributed by atoms with Crippen LogP contribution in [0.5, 0.6) is 0 Å². The molecule has 1 saturated heterocycles. The molecule has 0 radical (unpaired) electrons. The molecular weight excluding hydrogens is 236 g/mol. The zero-order chi connectivity index (χ0) is 12.3. The lowest BCUT2D eigenvalue weighted by Gasteiger charge is -2.30. The van der Waals surface area contributed by atoms with Crippen molar-refractivity contribution in [2.24, 2.45) is 0 Å². The van der Waals surface area contributed by atoms with Gasteiger partial charge in [-0.05, 0) is 32.2 Å². The second kappa shape index (κ2) is 5.67. The molecule has 2 aliphatic rings. The zero-order valence-electron chi connectivity index (χ0n) is 10.7. The molecule has 17 heavy (non-hydrogen) atoms. The number of nitrogens with one attached hydrogen (secondary N) is 1. The van der Waals surface area contributed by atoms with E-state index in [4.69, 9.17) is 0 Å². The molecule has 100 valence electrons. The monoisotopic (exact) mass is 260 g/mol. The van der Waals surface area contributed by atoms with Gasteiger partial charge in [0, 0.05) is 31.4 Å². The summed E-state index contributed by atoms with van der Waals surface area (Å²) in [6.07, 6.45) is 7.65. The highest BCUT2D eigenvalue weighted by atomic mass is 32.2. The standard InChI is InChI=1S/C12H24N2O2S/c1-17(15,16)9-8-14(12-5-6-12)10-11-4-2-3-7-13-11/h11-13H,2-10H2,1H3. The topological polar surface area (TPSA) is 49.4 Å². The Bertz CT molecular complexity index is 332. The lowest BCUT2D eigenvalue weighted by Crippen LogP contribution is -2.45. The van der Waals surface area contributed by atoms with Crippen molar-refractivity contribution in [3.8, 4) is 0 Å². The van der Waals surface area contributed by atoms with Crippen molar-refractivity contribution < 1.29 is 8.42 Å². The third kappa shape index (κ3) is 4.94. The largest absolute Gasteiger partial charge is 0.313 e. The van der Waals surface area contributed by atoms with Gasteiger partial charge in [-0.25, -0.2) is 8.42 Å². The highest BCUT2D eigenvalue weighted by molar-refractivity contribution is 7.90. The summed E-state index contributed by atoms with van der Waals surface area (Å²) in [5.74, 6) is 0.302. The molecule has 0 bridgehead atoms. The first-order valence-corrected chi connectivity index (χ1v) is 8.76. The quantitative estimate of drug-likeness (QED) is 0.761. The van der Waals surface area contributed by atoms with Crippen molar-refractivity contribution in [3.05, 3.63) is 0 Å². The first kappa shape index (κ1) is 13.3. The van der Waals surface area contributed by atoms with Gasteiger partial charge in [0.2, 0.25) is 0 Å². The first-order chi connectivity index (χ1) is 8.04. The average molecular weight is 260 g/mol. The maximum atomic E-state index is 11.2.